The maximum atomic E-state index is 11.9. The van der Waals surface area contributed by atoms with Crippen molar-refractivity contribution in [3.63, 3.8) is 0 Å². The molecular weight excluding hydrogens is 310 g/mol. The number of hydrogen-bond acceptors (Lipinski definition) is 4. The van der Waals surface area contributed by atoms with Crippen molar-refractivity contribution >= 4 is 27.7 Å². The third-order valence-electron chi connectivity index (χ3n) is 3.05. The monoisotopic (exact) mass is 325 g/mol. The van der Waals surface area contributed by atoms with E-state index in [1.54, 1.807) is 18.2 Å². The van der Waals surface area contributed by atoms with Crippen LogP contribution in [0.4, 0.5) is 0 Å². The Morgan fingerprint density at radius 1 is 1.42 bits per heavy atom. The fraction of sp³-hybridized carbons (Fsp3) is 0.385. The molecule has 2 amide bonds. The molecule has 19 heavy (non-hydrogen) atoms. The third-order valence-corrected chi connectivity index (χ3v) is 3.74. The van der Waals surface area contributed by atoms with Crippen LogP contribution in [0.25, 0.3) is 0 Å². The molecule has 1 aromatic carbocycles. The Bertz CT molecular complexity index is 493. The van der Waals surface area contributed by atoms with Gasteiger partial charge in [-0.1, -0.05) is 12.1 Å². The second-order valence-corrected chi connectivity index (χ2v) is 5.50. The molecule has 0 spiro atoms. The molecule has 1 aliphatic rings. The number of benzene rings is 1. The molecule has 1 heterocycles. The molecule has 0 saturated carbocycles. The molecule has 3 N–H and O–H groups in total. The van der Waals surface area contributed by atoms with Crippen molar-refractivity contribution < 1.29 is 9.59 Å². The molecule has 6 heteroatoms. The van der Waals surface area contributed by atoms with Crippen molar-refractivity contribution in [1.82, 2.24) is 10.2 Å². The molecule has 1 aliphatic heterocycles. The van der Waals surface area contributed by atoms with Gasteiger partial charge in [-0.3, -0.25) is 19.8 Å². The first-order valence-corrected chi connectivity index (χ1v) is 6.92. The highest BCUT2D eigenvalue weighted by Gasteiger charge is 2.22. The smallest absolute Gasteiger partial charge is 0.259 e. The topological polar surface area (TPSA) is 75.4 Å². The van der Waals surface area contributed by atoms with Gasteiger partial charge in [0, 0.05) is 23.6 Å². The summed E-state index contributed by atoms with van der Waals surface area (Å²) in [4.78, 5) is 25.6. The number of halogens is 1. The molecule has 1 aromatic rings. The van der Waals surface area contributed by atoms with Crippen LogP contribution in [-0.2, 0) is 4.79 Å². The molecule has 1 saturated heterocycles. The predicted octanol–water partition coefficient (Wildman–Crippen LogP) is 0.739. The highest BCUT2D eigenvalue weighted by molar-refractivity contribution is 9.10. The van der Waals surface area contributed by atoms with Gasteiger partial charge in [-0.2, -0.15) is 0 Å². The first-order chi connectivity index (χ1) is 9.06. The van der Waals surface area contributed by atoms with Crippen LogP contribution < -0.4 is 11.1 Å². The number of carbonyl (C=O) groups is 2. The Balaban J connectivity index is 1.89. The van der Waals surface area contributed by atoms with E-state index in [2.05, 4.69) is 21.2 Å². The van der Waals surface area contributed by atoms with E-state index in [0.29, 0.717) is 16.6 Å². The van der Waals surface area contributed by atoms with Gasteiger partial charge in [0.15, 0.2) is 0 Å². The summed E-state index contributed by atoms with van der Waals surface area (Å²) >= 11 is 3.28. The SMILES string of the molecule is N[C@@H]1CCN(CC(=O)NC(=O)c2ccccc2Br)C1. The van der Waals surface area contributed by atoms with Gasteiger partial charge in [0.2, 0.25) is 5.91 Å². The Labute approximate surface area is 120 Å². The van der Waals surface area contributed by atoms with Crippen molar-refractivity contribution in [3.8, 4) is 0 Å². The molecule has 0 aliphatic carbocycles. The van der Waals surface area contributed by atoms with E-state index in [1.165, 1.54) is 0 Å². The van der Waals surface area contributed by atoms with Crippen LogP contribution in [0.5, 0.6) is 0 Å². The van der Waals surface area contributed by atoms with Crippen LogP contribution in [0.1, 0.15) is 16.8 Å². The Kier molecular flexibility index (Phi) is 4.68. The molecule has 1 fully saturated rings. The van der Waals surface area contributed by atoms with E-state index in [4.69, 9.17) is 5.73 Å². The molecule has 0 aromatic heterocycles. The first kappa shape index (κ1) is 14.2. The lowest BCUT2D eigenvalue weighted by atomic mass is 10.2. The lowest BCUT2D eigenvalue weighted by Crippen LogP contribution is -2.40. The van der Waals surface area contributed by atoms with Crippen LogP contribution in [0.3, 0.4) is 0 Å². The summed E-state index contributed by atoms with van der Waals surface area (Å²) in [6.45, 7) is 1.72. The van der Waals surface area contributed by atoms with Gasteiger partial charge in [0.25, 0.3) is 5.91 Å². The van der Waals surface area contributed by atoms with Crippen molar-refractivity contribution in [2.45, 2.75) is 12.5 Å². The van der Waals surface area contributed by atoms with E-state index in [9.17, 15) is 9.59 Å². The Hall–Kier alpha value is -1.24. The number of carbonyl (C=O) groups excluding carboxylic acids is 2. The lowest BCUT2D eigenvalue weighted by molar-refractivity contribution is -0.121. The van der Waals surface area contributed by atoms with Crippen molar-refractivity contribution in [1.29, 1.82) is 0 Å². The molecule has 1 atom stereocenters. The minimum Gasteiger partial charge on any atom is -0.326 e. The second-order valence-electron chi connectivity index (χ2n) is 4.64. The first-order valence-electron chi connectivity index (χ1n) is 6.13. The minimum atomic E-state index is -0.388. The van der Waals surface area contributed by atoms with E-state index in [0.717, 1.165) is 13.0 Å². The Morgan fingerprint density at radius 3 is 2.79 bits per heavy atom. The van der Waals surface area contributed by atoms with Crippen LogP contribution in [0.15, 0.2) is 28.7 Å². The normalized spacial score (nSPS) is 19.4. The number of rotatable bonds is 3. The van der Waals surface area contributed by atoms with Crippen LogP contribution in [0, 0.1) is 0 Å². The van der Waals surface area contributed by atoms with Crippen LogP contribution in [0.2, 0.25) is 0 Å². The number of nitrogens with two attached hydrogens (primary N) is 1. The van der Waals surface area contributed by atoms with Gasteiger partial charge in [-0.25, -0.2) is 0 Å². The van der Waals surface area contributed by atoms with Crippen molar-refractivity contribution in [3.05, 3.63) is 34.3 Å². The summed E-state index contributed by atoms with van der Waals surface area (Å²) < 4.78 is 0.670. The van der Waals surface area contributed by atoms with E-state index >= 15 is 0 Å². The maximum absolute atomic E-state index is 11.9. The zero-order valence-corrected chi connectivity index (χ0v) is 12.0. The number of amides is 2. The van der Waals surface area contributed by atoms with Gasteiger partial charge >= 0.3 is 0 Å². The van der Waals surface area contributed by atoms with Gasteiger partial charge in [-0.15, -0.1) is 0 Å². The molecule has 0 bridgehead atoms. The van der Waals surface area contributed by atoms with E-state index < -0.39 is 0 Å². The third kappa shape index (κ3) is 3.86. The van der Waals surface area contributed by atoms with Gasteiger partial charge in [0.05, 0.1) is 12.1 Å². The summed E-state index contributed by atoms with van der Waals surface area (Å²) in [5.41, 5.74) is 6.22. The van der Waals surface area contributed by atoms with Crippen LogP contribution in [-0.4, -0.2) is 42.4 Å². The molecule has 0 radical (unpaired) electrons. The molecular formula is C13H16BrN3O2. The molecule has 5 nitrogen and oxygen atoms in total. The summed E-state index contributed by atoms with van der Waals surface area (Å²) in [5.74, 6) is -0.684. The van der Waals surface area contributed by atoms with Gasteiger partial charge in [0.1, 0.15) is 0 Å². The van der Waals surface area contributed by atoms with Gasteiger partial charge < -0.3 is 5.73 Å². The fourth-order valence-electron chi connectivity index (χ4n) is 2.09. The molecule has 102 valence electrons. The summed E-state index contributed by atoms with van der Waals surface area (Å²) in [6, 6.07) is 7.13. The number of hydrogen-bond donors (Lipinski definition) is 2. The number of likely N-dealkylation sites (tertiary alicyclic amines) is 1. The van der Waals surface area contributed by atoms with Crippen LogP contribution >= 0.6 is 15.9 Å². The summed E-state index contributed by atoms with van der Waals surface area (Å²) in [7, 11) is 0. The number of nitrogens with zero attached hydrogens (tertiary/aromatic N) is 1. The number of nitrogens with one attached hydrogen (secondary N) is 1. The summed E-state index contributed by atoms with van der Waals surface area (Å²) in [6.07, 6.45) is 0.894. The standard InChI is InChI=1S/C13H16BrN3O2/c14-11-4-2-1-3-10(11)13(19)16-12(18)8-17-6-5-9(15)7-17/h1-4,9H,5-8,15H2,(H,16,18,19)/t9-/m1/s1. The average molecular weight is 326 g/mol. The molecule has 2 rings (SSSR count). The van der Waals surface area contributed by atoms with Crippen molar-refractivity contribution in [2.24, 2.45) is 5.73 Å². The fourth-order valence-corrected chi connectivity index (χ4v) is 2.55. The maximum Gasteiger partial charge on any atom is 0.259 e. The van der Waals surface area contributed by atoms with Crippen molar-refractivity contribution in [2.75, 3.05) is 19.6 Å². The highest BCUT2D eigenvalue weighted by atomic mass is 79.9. The van der Waals surface area contributed by atoms with E-state index in [1.807, 2.05) is 11.0 Å². The van der Waals surface area contributed by atoms with Gasteiger partial charge in [-0.05, 0) is 34.5 Å². The Morgan fingerprint density at radius 2 is 2.16 bits per heavy atom. The lowest BCUT2D eigenvalue weighted by Gasteiger charge is -2.14. The average Bonchev–Trinajstić information content (AvgIpc) is 2.74. The second kappa shape index (κ2) is 6.27. The van der Waals surface area contributed by atoms with E-state index in [-0.39, 0.29) is 24.4 Å². The minimum absolute atomic E-state index is 0.131. The zero-order chi connectivity index (χ0) is 13.8. The quantitative estimate of drug-likeness (QED) is 0.859. The zero-order valence-electron chi connectivity index (χ0n) is 10.4. The highest BCUT2D eigenvalue weighted by Crippen LogP contribution is 2.15. The predicted molar refractivity (Wildman–Crippen MR) is 75.6 cm³/mol. The molecule has 0 unspecified atom stereocenters. The largest absolute Gasteiger partial charge is 0.326 e. The summed E-state index contributed by atoms with van der Waals surface area (Å²) in [5, 5.41) is 2.39. The number of imide groups is 1.